The van der Waals surface area contributed by atoms with E-state index in [1.165, 1.54) is 10.8 Å². The summed E-state index contributed by atoms with van der Waals surface area (Å²) in [5, 5.41) is 0.0594. The number of benzene rings is 1. The molecule has 128 valence electrons. The first-order chi connectivity index (χ1) is 11.2. The van der Waals surface area contributed by atoms with E-state index in [2.05, 4.69) is 10.9 Å². The van der Waals surface area contributed by atoms with E-state index >= 15 is 0 Å². The van der Waals surface area contributed by atoms with Crippen LogP contribution in [-0.4, -0.2) is 16.7 Å². The van der Waals surface area contributed by atoms with Gasteiger partial charge in [-0.1, -0.05) is 35.3 Å². The second-order valence-corrected chi connectivity index (χ2v) is 6.78. The highest BCUT2D eigenvalue weighted by Crippen LogP contribution is 2.13. The summed E-state index contributed by atoms with van der Waals surface area (Å²) in [6.45, 7) is 6.40. The second-order valence-electron chi connectivity index (χ2n) is 6.03. The van der Waals surface area contributed by atoms with Gasteiger partial charge in [-0.3, -0.25) is 4.79 Å². The maximum Gasteiger partial charge on any atom is 0.288 e. The van der Waals surface area contributed by atoms with Crippen LogP contribution in [0.4, 0.5) is 0 Å². The lowest BCUT2D eigenvalue weighted by atomic mass is 9.99. The maximum atomic E-state index is 11.7. The predicted molar refractivity (Wildman–Crippen MR) is 98.9 cm³/mol. The highest BCUT2D eigenvalue weighted by atomic mass is 35.5. The molecule has 0 fully saturated rings. The first-order valence-electron chi connectivity index (χ1n) is 7.19. The van der Waals surface area contributed by atoms with Crippen molar-refractivity contribution < 1.29 is 4.74 Å². The van der Waals surface area contributed by atoms with Crippen LogP contribution in [0.25, 0.3) is 0 Å². The molecule has 6 heteroatoms. The van der Waals surface area contributed by atoms with Crippen molar-refractivity contribution in [3.8, 4) is 18.1 Å². The molecule has 24 heavy (non-hydrogen) atoms. The number of methoxy groups -OCH3 is 1. The summed E-state index contributed by atoms with van der Waals surface area (Å²) in [7, 11) is 1.60. The van der Waals surface area contributed by atoms with Crippen LogP contribution in [0.5, 0.6) is 5.75 Å². The van der Waals surface area contributed by atoms with Gasteiger partial charge in [0.15, 0.2) is 5.15 Å². The summed E-state index contributed by atoms with van der Waals surface area (Å²) < 4.78 is 6.48. The average Bonchev–Trinajstić information content (AvgIpc) is 2.53. The molecule has 0 amide bonds. The Balaban J connectivity index is 0.000000413. The second kappa shape index (κ2) is 8.77. The molecule has 0 atom stereocenters. The summed E-state index contributed by atoms with van der Waals surface area (Å²) >= 11 is 11.4. The first-order valence-corrected chi connectivity index (χ1v) is 7.95. The molecule has 4 nitrogen and oxygen atoms in total. The molecule has 0 saturated carbocycles. The summed E-state index contributed by atoms with van der Waals surface area (Å²) in [6, 6.07) is 7.39. The zero-order valence-electron chi connectivity index (χ0n) is 14.1. The van der Waals surface area contributed by atoms with Crippen LogP contribution in [0.1, 0.15) is 26.3 Å². The van der Waals surface area contributed by atoms with E-state index in [4.69, 9.17) is 34.4 Å². The Morgan fingerprint density at radius 1 is 1.25 bits per heavy atom. The Kier molecular flexibility index (Phi) is 7.34. The third-order valence-corrected chi connectivity index (χ3v) is 3.28. The van der Waals surface area contributed by atoms with Gasteiger partial charge in [-0.2, -0.15) is 0 Å². The quantitative estimate of drug-likeness (QED) is 0.761. The Morgan fingerprint density at radius 2 is 1.79 bits per heavy atom. The minimum Gasteiger partial charge on any atom is -0.497 e. The van der Waals surface area contributed by atoms with Crippen LogP contribution in [0, 0.1) is 17.8 Å². The van der Waals surface area contributed by atoms with Crippen LogP contribution in [0.15, 0.2) is 35.3 Å². The van der Waals surface area contributed by atoms with Gasteiger partial charge in [0.25, 0.3) is 5.56 Å². The zero-order valence-corrected chi connectivity index (χ0v) is 15.6. The summed E-state index contributed by atoms with van der Waals surface area (Å²) in [6.07, 6.45) is 6.51. The van der Waals surface area contributed by atoms with Gasteiger partial charge in [0.2, 0.25) is 0 Å². The zero-order chi connectivity index (χ0) is 18.3. The van der Waals surface area contributed by atoms with Crippen LogP contribution >= 0.6 is 23.2 Å². The van der Waals surface area contributed by atoms with Crippen molar-refractivity contribution in [3.63, 3.8) is 0 Å². The highest BCUT2D eigenvalue weighted by Gasteiger charge is 2.06. The van der Waals surface area contributed by atoms with Gasteiger partial charge in [0.1, 0.15) is 10.9 Å². The number of ether oxygens (including phenoxy) is 1. The molecule has 0 bridgehead atoms. The van der Waals surface area contributed by atoms with E-state index in [9.17, 15) is 4.79 Å². The van der Waals surface area contributed by atoms with Crippen molar-refractivity contribution in [1.82, 2.24) is 9.55 Å². The van der Waals surface area contributed by atoms with Gasteiger partial charge < -0.3 is 9.30 Å². The van der Waals surface area contributed by atoms with E-state index in [1.54, 1.807) is 7.11 Å². The lowest BCUT2D eigenvalue weighted by Crippen LogP contribution is -2.21. The van der Waals surface area contributed by atoms with Crippen LogP contribution < -0.4 is 10.3 Å². The Labute approximate surface area is 152 Å². The van der Waals surface area contributed by atoms with Crippen LogP contribution in [-0.2, 0) is 6.54 Å². The molecular weight excluding hydrogens is 347 g/mol. The Hall–Kier alpha value is -1.96. The maximum absolute atomic E-state index is 11.7. The Morgan fingerprint density at radius 3 is 2.25 bits per heavy atom. The van der Waals surface area contributed by atoms with Crippen LogP contribution in [0.3, 0.4) is 0 Å². The van der Waals surface area contributed by atoms with Crippen LogP contribution in [0.2, 0.25) is 10.3 Å². The normalized spacial score (nSPS) is 10.4. The first kappa shape index (κ1) is 20.1. The van der Waals surface area contributed by atoms with Crippen molar-refractivity contribution in [1.29, 1.82) is 0 Å². The van der Waals surface area contributed by atoms with E-state index in [-0.39, 0.29) is 21.3 Å². The molecule has 0 spiro atoms. The smallest absolute Gasteiger partial charge is 0.288 e. The van der Waals surface area contributed by atoms with E-state index in [0.717, 1.165) is 11.3 Å². The summed E-state index contributed by atoms with van der Waals surface area (Å²) in [4.78, 5) is 15.4. The van der Waals surface area contributed by atoms with Gasteiger partial charge in [-0.05, 0) is 38.5 Å². The predicted octanol–water partition coefficient (Wildman–Crippen LogP) is 4.27. The molecule has 2 aromatic rings. The molecular formula is C18H20Cl2N2O2. The van der Waals surface area contributed by atoms with Crippen molar-refractivity contribution in [3.05, 3.63) is 56.7 Å². The number of rotatable bonds is 3. The van der Waals surface area contributed by atoms with Gasteiger partial charge in [0.05, 0.1) is 13.7 Å². The van der Waals surface area contributed by atoms with Gasteiger partial charge in [0, 0.05) is 11.6 Å². The molecule has 2 rings (SSSR count). The van der Waals surface area contributed by atoms with Crippen molar-refractivity contribution in [2.75, 3.05) is 7.11 Å². The largest absolute Gasteiger partial charge is 0.497 e. The fourth-order valence-electron chi connectivity index (χ4n) is 1.52. The Bertz CT molecular complexity index is 770. The fraction of sp³-hybridized carbons (Fsp3) is 0.333. The van der Waals surface area contributed by atoms with Gasteiger partial charge in [-0.25, -0.2) is 4.98 Å². The molecule has 1 heterocycles. The molecule has 0 radical (unpaired) electrons. The number of hydrogen-bond donors (Lipinski definition) is 0. The molecule has 1 aromatic heterocycles. The molecule has 1 aromatic carbocycles. The minimum absolute atomic E-state index is 0.0694. The van der Waals surface area contributed by atoms with Crippen molar-refractivity contribution in [2.24, 2.45) is 5.41 Å². The summed E-state index contributed by atoms with van der Waals surface area (Å²) in [5.74, 6) is 3.37. The van der Waals surface area contributed by atoms with Gasteiger partial charge in [-0.15, -0.1) is 12.3 Å². The lowest BCUT2D eigenvalue weighted by Gasteiger charge is -2.07. The number of aromatic nitrogens is 2. The minimum atomic E-state index is -0.364. The van der Waals surface area contributed by atoms with Crippen molar-refractivity contribution >= 4 is 23.2 Å². The standard InChI is InChI=1S/C12H10Cl2N2O2.C6H10/c1-18-9-4-2-8(3-5-9)6-16-7-10(13)15-11(14)12(16)17;1-5-6(2,3)4/h2-5,7H,6H2,1H3;1H,2-4H3. The number of terminal acetylenes is 1. The number of hydrogen-bond acceptors (Lipinski definition) is 3. The third-order valence-electron chi connectivity index (χ3n) is 2.85. The SMILES string of the molecule is C#CC(C)(C)C.COc1ccc(Cn2cc(Cl)nc(Cl)c2=O)cc1. The topological polar surface area (TPSA) is 44.1 Å². The lowest BCUT2D eigenvalue weighted by molar-refractivity contribution is 0.414. The summed E-state index contributed by atoms with van der Waals surface area (Å²) in [5.41, 5.74) is 0.646. The highest BCUT2D eigenvalue weighted by molar-refractivity contribution is 6.32. The van der Waals surface area contributed by atoms with E-state index in [1.807, 2.05) is 45.0 Å². The van der Waals surface area contributed by atoms with E-state index in [0.29, 0.717) is 6.54 Å². The fourth-order valence-corrected chi connectivity index (χ4v) is 1.97. The van der Waals surface area contributed by atoms with E-state index < -0.39 is 0 Å². The molecule has 0 aliphatic carbocycles. The monoisotopic (exact) mass is 366 g/mol. The third kappa shape index (κ3) is 6.66. The molecule has 0 saturated heterocycles. The molecule has 0 N–H and O–H groups in total. The number of halogens is 2. The number of nitrogens with zero attached hydrogens (tertiary/aromatic N) is 2. The molecule has 0 aliphatic rings. The average molecular weight is 367 g/mol. The van der Waals surface area contributed by atoms with Crippen molar-refractivity contribution in [2.45, 2.75) is 27.3 Å². The van der Waals surface area contributed by atoms with Gasteiger partial charge >= 0.3 is 0 Å². The molecule has 0 aliphatic heterocycles. The molecule has 0 unspecified atom stereocenters.